The number of aryl methyl sites for hydroxylation is 1. The summed E-state index contributed by atoms with van der Waals surface area (Å²) in [4.78, 5) is 11.5. The van der Waals surface area contributed by atoms with Gasteiger partial charge in [-0.05, 0) is 36.6 Å². The molecule has 114 valence electrons. The zero-order valence-electron chi connectivity index (χ0n) is 12.6. The lowest BCUT2D eigenvalue weighted by Gasteiger charge is -2.04. The summed E-state index contributed by atoms with van der Waals surface area (Å²) in [6.07, 6.45) is 1.23. The van der Waals surface area contributed by atoms with Crippen molar-refractivity contribution in [3.05, 3.63) is 52.4 Å². The van der Waals surface area contributed by atoms with Crippen molar-refractivity contribution in [3.63, 3.8) is 0 Å². The van der Waals surface area contributed by atoms with E-state index in [2.05, 4.69) is 18.3 Å². The smallest absolute Gasteiger partial charge is 0.419 e. The third kappa shape index (κ3) is 2.22. The lowest BCUT2D eigenvalue weighted by Crippen LogP contribution is -2.08. The van der Waals surface area contributed by atoms with Gasteiger partial charge in [0.25, 0.3) is 0 Å². The highest BCUT2D eigenvalue weighted by atomic mass is 16.4. The summed E-state index contributed by atoms with van der Waals surface area (Å²) >= 11 is 0. The molecule has 1 aliphatic rings. The molecule has 3 aromatic rings. The Morgan fingerprint density at radius 1 is 1.27 bits per heavy atom. The molecule has 1 saturated carbocycles. The molecule has 1 fully saturated rings. The molecule has 1 aliphatic carbocycles. The first-order valence-corrected chi connectivity index (χ1v) is 7.54. The summed E-state index contributed by atoms with van der Waals surface area (Å²) < 4.78 is 12.6. The third-order valence-electron chi connectivity index (χ3n) is 4.42. The molecule has 1 aromatic carbocycles. The van der Waals surface area contributed by atoms with Gasteiger partial charge in [-0.2, -0.15) is 0 Å². The molecule has 4 rings (SSSR count). The Morgan fingerprint density at radius 3 is 2.86 bits per heavy atom. The monoisotopic (exact) mass is 298 g/mol. The van der Waals surface area contributed by atoms with E-state index in [1.54, 1.807) is 7.05 Å². The van der Waals surface area contributed by atoms with Gasteiger partial charge in [0.2, 0.25) is 0 Å². The molecule has 22 heavy (non-hydrogen) atoms. The first-order chi connectivity index (χ1) is 10.6. The van der Waals surface area contributed by atoms with E-state index in [0.29, 0.717) is 18.0 Å². The zero-order valence-corrected chi connectivity index (χ0v) is 12.6. The fourth-order valence-corrected chi connectivity index (χ4v) is 2.84. The molecule has 0 amide bonds. The minimum absolute atomic E-state index is 0.346. The van der Waals surface area contributed by atoms with E-state index in [0.717, 1.165) is 28.6 Å². The van der Waals surface area contributed by atoms with Crippen LogP contribution in [-0.4, -0.2) is 4.57 Å². The lowest BCUT2D eigenvalue weighted by atomic mass is 10.2. The Balaban J connectivity index is 1.49. The second kappa shape index (κ2) is 4.80. The molecule has 0 bridgehead atoms. The molecule has 2 atom stereocenters. The Kier molecular flexibility index (Phi) is 2.89. The number of furan rings is 1. The normalized spacial score (nSPS) is 20.5. The van der Waals surface area contributed by atoms with Gasteiger partial charge in [-0.15, -0.1) is 0 Å². The van der Waals surface area contributed by atoms with Gasteiger partial charge in [-0.25, -0.2) is 4.79 Å². The van der Waals surface area contributed by atoms with Gasteiger partial charge in [0, 0.05) is 24.7 Å². The van der Waals surface area contributed by atoms with Crippen LogP contribution in [0.5, 0.6) is 0 Å². The van der Waals surface area contributed by atoms with Gasteiger partial charge >= 0.3 is 5.76 Å². The summed E-state index contributed by atoms with van der Waals surface area (Å²) in [6.45, 7) is 2.86. The number of hydrogen-bond donors (Lipinski definition) is 1. The number of fused-ring (bicyclic) bond motifs is 1. The van der Waals surface area contributed by atoms with E-state index in [1.165, 1.54) is 11.0 Å². The van der Waals surface area contributed by atoms with Crippen LogP contribution in [0.2, 0.25) is 0 Å². The maximum absolute atomic E-state index is 11.5. The van der Waals surface area contributed by atoms with Crippen LogP contribution in [0, 0.1) is 5.92 Å². The van der Waals surface area contributed by atoms with Crippen molar-refractivity contribution in [2.75, 3.05) is 5.32 Å². The Morgan fingerprint density at radius 2 is 2.09 bits per heavy atom. The maximum Gasteiger partial charge on any atom is 0.419 e. The van der Waals surface area contributed by atoms with Gasteiger partial charge in [0.1, 0.15) is 11.5 Å². The fraction of sp³-hybridized carbons (Fsp3) is 0.353. The quantitative estimate of drug-likeness (QED) is 0.801. The maximum atomic E-state index is 11.5. The van der Waals surface area contributed by atoms with Crippen molar-refractivity contribution in [1.82, 2.24) is 4.57 Å². The first-order valence-electron chi connectivity index (χ1n) is 7.54. The van der Waals surface area contributed by atoms with Crippen molar-refractivity contribution >= 4 is 16.8 Å². The van der Waals surface area contributed by atoms with E-state index in [-0.39, 0.29) is 5.76 Å². The minimum Gasteiger partial charge on any atom is -0.464 e. The van der Waals surface area contributed by atoms with Crippen LogP contribution in [-0.2, 0) is 13.6 Å². The Hall–Kier alpha value is -2.43. The fourth-order valence-electron chi connectivity index (χ4n) is 2.84. The molecule has 0 aliphatic heterocycles. The lowest BCUT2D eigenvalue weighted by molar-refractivity contribution is 0.468. The van der Waals surface area contributed by atoms with Crippen LogP contribution >= 0.6 is 0 Å². The second-order valence-electron chi connectivity index (χ2n) is 6.09. The molecular weight excluding hydrogens is 280 g/mol. The average Bonchev–Trinajstić information content (AvgIpc) is 2.95. The molecule has 0 saturated heterocycles. The predicted octanol–water partition coefficient (Wildman–Crippen LogP) is 3.46. The number of oxazole rings is 1. The standard InChI is InChI=1S/C17H18N2O3/c1-10-7-13(10)15-6-4-12(21-15)9-18-11-3-5-14-16(8-11)22-17(20)19(14)2/h3-6,8,10,13,18H,7,9H2,1-2H3/t10-,13-/m0/s1. The number of rotatable bonds is 4. The molecule has 5 heteroatoms. The van der Waals surface area contributed by atoms with Crippen LogP contribution in [0.3, 0.4) is 0 Å². The number of nitrogens with zero attached hydrogens (tertiary/aromatic N) is 1. The number of nitrogens with one attached hydrogen (secondary N) is 1. The molecule has 2 heterocycles. The molecular formula is C17H18N2O3. The van der Waals surface area contributed by atoms with E-state index >= 15 is 0 Å². The van der Waals surface area contributed by atoms with Crippen LogP contribution < -0.4 is 11.1 Å². The topological polar surface area (TPSA) is 60.3 Å². The number of aromatic nitrogens is 1. The summed E-state index contributed by atoms with van der Waals surface area (Å²) in [5.74, 6) is 3.01. The van der Waals surface area contributed by atoms with Crippen LogP contribution in [0.25, 0.3) is 11.1 Å². The summed E-state index contributed by atoms with van der Waals surface area (Å²) in [7, 11) is 1.70. The highest BCUT2D eigenvalue weighted by molar-refractivity contribution is 5.77. The highest BCUT2D eigenvalue weighted by Gasteiger charge is 2.36. The van der Waals surface area contributed by atoms with Crippen molar-refractivity contribution in [1.29, 1.82) is 0 Å². The molecule has 0 unspecified atom stereocenters. The zero-order chi connectivity index (χ0) is 15.3. The SMILES string of the molecule is C[C@H]1C[C@@H]1c1ccc(CNc2ccc3c(c2)oc(=O)n3C)o1. The van der Waals surface area contributed by atoms with Gasteiger partial charge in [-0.3, -0.25) is 4.57 Å². The van der Waals surface area contributed by atoms with Crippen LogP contribution in [0.15, 0.2) is 44.0 Å². The summed E-state index contributed by atoms with van der Waals surface area (Å²) in [6, 6.07) is 9.74. The third-order valence-corrected chi connectivity index (χ3v) is 4.42. The second-order valence-corrected chi connectivity index (χ2v) is 6.09. The molecule has 5 nitrogen and oxygen atoms in total. The van der Waals surface area contributed by atoms with Gasteiger partial charge in [0.05, 0.1) is 12.1 Å². The van der Waals surface area contributed by atoms with Gasteiger partial charge < -0.3 is 14.2 Å². The van der Waals surface area contributed by atoms with Crippen molar-refractivity contribution < 1.29 is 8.83 Å². The van der Waals surface area contributed by atoms with Crippen molar-refractivity contribution in [2.24, 2.45) is 13.0 Å². The van der Waals surface area contributed by atoms with Crippen molar-refractivity contribution in [2.45, 2.75) is 25.8 Å². The molecule has 2 aromatic heterocycles. The minimum atomic E-state index is -0.346. The Bertz CT molecular complexity index is 887. The predicted molar refractivity (Wildman–Crippen MR) is 84.0 cm³/mol. The summed E-state index contributed by atoms with van der Waals surface area (Å²) in [5, 5.41) is 3.30. The largest absolute Gasteiger partial charge is 0.464 e. The first kappa shape index (κ1) is 13.2. The van der Waals surface area contributed by atoms with Gasteiger partial charge in [-0.1, -0.05) is 6.92 Å². The highest BCUT2D eigenvalue weighted by Crippen LogP contribution is 2.47. The van der Waals surface area contributed by atoms with Crippen molar-refractivity contribution in [3.8, 4) is 0 Å². The summed E-state index contributed by atoms with van der Waals surface area (Å²) in [5.41, 5.74) is 2.28. The Labute approximate surface area is 127 Å². The van der Waals surface area contributed by atoms with Crippen LogP contribution in [0.1, 0.15) is 30.8 Å². The van der Waals surface area contributed by atoms with E-state index < -0.39 is 0 Å². The molecule has 0 spiro atoms. The number of benzene rings is 1. The molecule has 0 radical (unpaired) electrons. The van der Waals surface area contributed by atoms with E-state index in [1.807, 2.05) is 24.3 Å². The van der Waals surface area contributed by atoms with Gasteiger partial charge in [0.15, 0.2) is 5.58 Å². The number of hydrogen-bond acceptors (Lipinski definition) is 4. The van der Waals surface area contributed by atoms with E-state index in [4.69, 9.17) is 8.83 Å². The van der Waals surface area contributed by atoms with Crippen LogP contribution in [0.4, 0.5) is 5.69 Å². The average molecular weight is 298 g/mol. The van der Waals surface area contributed by atoms with E-state index in [9.17, 15) is 4.79 Å². The number of anilines is 1. The molecule has 1 N–H and O–H groups in total.